The fourth-order valence-electron chi connectivity index (χ4n) is 3.01. The number of anilines is 2. The quantitative estimate of drug-likeness (QED) is 0.396. The van der Waals surface area contributed by atoms with Crippen LogP contribution >= 0.6 is 0 Å². The van der Waals surface area contributed by atoms with Crippen LogP contribution in [0.4, 0.5) is 11.6 Å². The Bertz CT molecular complexity index is 1170. The zero-order chi connectivity index (χ0) is 23.3. The Labute approximate surface area is 185 Å². The lowest BCUT2D eigenvalue weighted by Crippen LogP contribution is -2.33. The molecule has 10 nitrogen and oxygen atoms in total. The van der Waals surface area contributed by atoms with Crippen LogP contribution in [0, 0.1) is 5.92 Å². The number of amides is 1. The van der Waals surface area contributed by atoms with Gasteiger partial charge in [0.25, 0.3) is 11.5 Å². The molecule has 1 atom stereocenters. The predicted molar refractivity (Wildman–Crippen MR) is 122 cm³/mol. The minimum Gasteiger partial charge on any atom is -0.379 e. The average molecular weight is 438 g/mol. The molecule has 32 heavy (non-hydrogen) atoms. The number of Topliss-reactive ketones (excluding diaryl/α,β-unsaturated/α-hetero) is 1. The summed E-state index contributed by atoms with van der Waals surface area (Å²) in [6, 6.07) is 6.90. The molecule has 0 fully saturated rings. The highest BCUT2D eigenvalue weighted by molar-refractivity contribution is 5.94. The van der Waals surface area contributed by atoms with Crippen molar-refractivity contribution >= 4 is 34.5 Å². The van der Waals surface area contributed by atoms with Gasteiger partial charge >= 0.3 is 0 Å². The minimum atomic E-state index is -0.444. The maximum absolute atomic E-state index is 12.4. The lowest BCUT2D eigenvalue weighted by molar-refractivity contribution is -0.122. The van der Waals surface area contributed by atoms with E-state index in [0.717, 1.165) is 5.69 Å². The third-order valence-electron chi connectivity index (χ3n) is 4.95. The Hall–Kier alpha value is -3.82. The molecule has 0 saturated heterocycles. The number of fused-ring (bicyclic) bond motifs is 1. The maximum Gasteiger partial charge on any atom is 0.280 e. The van der Waals surface area contributed by atoms with Gasteiger partial charge in [-0.1, -0.05) is 13.8 Å². The SMILES string of the molecule is CC(C)C(=O)CC[C@@H](C)NC(=O)c1ccc(NCc2cnc3nc(N)[nH]c(=O)c3n2)cc1. The number of rotatable bonds is 9. The lowest BCUT2D eigenvalue weighted by Gasteiger charge is -2.14. The van der Waals surface area contributed by atoms with Gasteiger partial charge in [-0.3, -0.25) is 19.4 Å². The molecule has 0 aliphatic carbocycles. The standard InChI is InChI=1S/C22H27N7O3/c1-12(2)17(30)9-4-13(3)26-20(31)14-5-7-15(8-6-14)24-10-16-11-25-19-18(27-16)21(32)29-22(23)28-19/h5-8,11-13,24H,4,9-10H2,1-3H3,(H,26,31)(H3,23,25,28,29,32)/t13-/m1/s1. The van der Waals surface area contributed by atoms with E-state index in [9.17, 15) is 14.4 Å². The van der Waals surface area contributed by atoms with Crippen LogP contribution in [0.15, 0.2) is 35.3 Å². The van der Waals surface area contributed by atoms with E-state index in [2.05, 4.69) is 30.6 Å². The van der Waals surface area contributed by atoms with Gasteiger partial charge in [0.05, 0.1) is 18.4 Å². The van der Waals surface area contributed by atoms with Gasteiger partial charge in [0, 0.05) is 29.6 Å². The molecule has 0 unspecified atom stereocenters. The van der Waals surface area contributed by atoms with Gasteiger partial charge in [0.15, 0.2) is 11.2 Å². The number of nitrogens with two attached hydrogens (primary N) is 1. The number of aromatic amines is 1. The molecule has 5 N–H and O–H groups in total. The lowest BCUT2D eigenvalue weighted by atomic mass is 10.0. The normalized spacial score (nSPS) is 12.0. The van der Waals surface area contributed by atoms with E-state index in [1.165, 1.54) is 6.20 Å². The van der Waals surface area contributed by atoms with E-state index < -0.39 is 5.56 Å². The van der Waals surface area contributed by atoms with E-state index in [4.69, 9.17) is 5.73 Å². The van der Waals surface area contributed by atoms with E-state index in [1.807, 2.05) is 20.8 Å². The first-order valence-corrected chi connectivity index (χ1v) is 10.4. The number of nitrogens with one attached hydrogen (secondary N) is 3. The molecular weight excluding hydrogens is 410 g/mol. The Morgan fingerprint density at radius 1 is 1.12 bits per heavy atom. The highest BCUT2D eigenvalue weighted by atomic mass is 16.2. The van der Waals surface area contributed by atoms with Crippen LogP contribution in [0.3, 0.4) is 0 Å². The van der Waals surface area contributed by atoms with Crippen LogP contribution in [0.2, 0.25) is 0 Å². The predicted octanol–water partition coefficient (Wildman–Crippen LogP) is 2.03. The minimum absolute atomic E-state index is 0.00897. The topological polar surface area (TPSA) is 156 Å². The van der Waals surface area contributed by atoms with Crippen molar-refractivity contribution in [2.24, 2.45) is 5.92 Å². The van der Waals surface area contributed by atoms with Crippen LogP contribution in [0.1, 0.15) is 49.7 Å². The van der Waals surface area contributed by atoms with Gasteiger partial charge in [-0.2, -0.15) is 4.98 Å². The first-order chi connectivity index (χ1) is 15.2. The molecule has 2 heterocycles. The molecule has 0 aliphatic rings. The number of ketones is 1. The largest absolute Gasteiger partial charge is 0.379 e. The highest BCUT2D eigenvalue weighted by Crippen LogP contribution is 2.12. The molecule has 0 saturated carbocycles. The van der Waals surface area contributed by atoms with Crippen molar-refractivity contribution in [1.82, 2.24) is 25.3 Å². The zero-order valence-electron chi connectivity index (χ0n) is 18.3. The summed E-state index contributed by atoms with van der Waals surface area (Å²) in [5.41, 5.74) is 7.23. The Morgan fingerprint density at radius 3 is 2.53 bits per heavy atom. The number of carbonyl (C=O) groups is 2. The summed E-state index contributed by atoms with van der Waals surface area (Å²) in [4.78, 5) is 50.9. The van der Waals surface area contributed by atoms with Crippen molar-refractivity contribution in [1.29, 1.82) is 0 Å². The summed E-state index contributed by atoms with van der Waals surface area (Å²) < 4.78 is 0. The van der Waals surface area contributed by atoms with Crippen LogP contribution in [-0.2, 0) is 11.3 Å². The van der Waals surface area contributed by atoms with Crippen molar-refractivity contribution in [2.45, 2.75) is 46.2 Å². The second-order valence-electron chi connectivity index (χ2n) is 7.95. The Kier molecular flexibility index (Phi) is 7.14. The third kappa shape index (κ3) is 5.87. The van der Waals surface area contributed by atoms with Crippen LogP contribution in [0.25, 0.3) is 11.2 Å². The highest BCUT2D eigenvalue weighted by Gasteiger charge is 2.13. The van der Waals surface area contributed by atoms with Crippen LogP contribution in [0.5, 0.6) is 0 Å². The summed E-state index contributed by atoms with van der Waals surface area (Å²) in [6.07, 6.45) is 2.59. The molecule has 3 rings (SSSR count). The van der Waals surface area contributed by atoms with Crippen LogP contribution in [-0.4, -0.2) is 37.7 Å². The number of H-pyrrole nitrogens is 1. The third-order valence-corrected chi connectivity index (χ3v) is 4.95. The summed E-state index contributed by atoms with van der Waals surface area (Å²) in [5.74, 6) is 0.00926. The molecule has 0 aliphatic heterocycles. The number of carbonyl (C=O) groups excluding carboxylic acids is 2. The van der Waals surface area contributed by atoms with Gasteiger partial charge in [-0.25, -0.2) is 9.97 Å². The van der Waals surface area contributed by atoms with E-state index in [-0.39, 0.29) is 40.8 Å². The number of nitrogen functional groups attached to an aromatic ring is 1. The van der Waals surface area contributed by atoms with Crippen molar-refractivity contribution in [3.63, 3.8) is 0 Å². The number of benzene rings is 1. The van der Waals surface area contributed by atoms with Crippen molar-refractivity contribution in [3.8, 4) is 0 Å². The average Bonchev–Trinajstić information content (AvgIpc) is 2.76. The smallest absolute Gasteiger partial charge is 0.280 e. The van der Waals surface area contributed by atoms with Crippen molar-refractivity contribution in [2.75, 3.05) is 11.1 Å². The molecule has 0 spiro atoms. The first-order valence-electron chi connectivity index (χ1n) is 10.4. The number of nitrogens with zero attached hydrogens (tertiary/aromatic N) is 3. The monoisotopic (exact) mass is 437 g/mol. The molecule has 2 aromatic heterocycles. The maximum atomic E-state index is 12.4. The molecule has 10 heteroatoms. The molecule has 168 valence electrons. The number of hydrogen-bond acceptors (Lipinski definition) is 8. The Morgan fingerprint density at radius 2 is 1.84 bits per heavy atom. The van der Waals surface area contributed by atoms with Gasteiger partial charge in [0.2, 0.25) is 5.95 Å². The molecule has 1 amide bonds. The summed E-state index contributed by atoms with van der Waals surface area (Å²) in [6.45, 7) is 5.97. The summed E-state index contributed by atoms with van der Waals surface area (Å²) in [7, 11) is 0. The Balaban J connectivity index is 1.55. The first kappa shape index (κ1) is 22.9. The number of aromatic nitrogens is 4. The molecule has 0 bridgehead atoms. The number of hydrogen-bond donors (Lipinski definition) is 4. The second kappa shape index (κ2) is 9.99. The molecule has 0 radical (unpaired) electrons. The summed E-state index contributed by atoms with van der Waals surface area (Å²) >= 11 is 0. The fraction of sp³-hybridized carbons (Fsp3) is 0.364. The van der Waals surface area contributed by atoms with Gasteiger partial charge in [-0.15, -0.1) is 0 Å². The zero-order valence-corrected chi connectivity index (χ0v) is 18.3. The van der Waals surface area contributed by atoms with E-state index >= 15 is 0 Å². The van der Waals surface area contributed by atoms with Crippen molar-refractivity contribution in [3.05, 3.63) is 52.1 Å². The summed E-state index contributed by atoms with van der Waals surface area (Å²) in [5, 5.41) is 6.09. The van der Waals surface area contributed by atoms with E-state index in [1.54, 1.807) is 24.3 Å². The van der Waals surface area contributed by atoms with Crippen molar-refractivity contribution < 1.29 is 9.59 Å². The van der Waals surface area contributed by atoms with Gasteiger partial charge in [0.1, 0.15) is 5.78 Å². The molecular formula is C22H27N7O3. The van der Waals surface area contributed by atoms with Gasteiger partial charge in [-0.05, 0) is 37.6 Å². The fourth-order valence-corrected chi connectivity index (χ4v) is 3.01. The van der Waals surface area contributed by atoms with Gasteiger partial charge < -0.3 is 16.4 Å². The molecule has 3 aromatic rings. The van der Waals surface area contributed by atoms with Crippen LogP contribution < -0.4 is 21.9 Å². The van der Waals surface area contributed by atoms with E-state index in [0.29, 0.717) is 30.6 Å². The second-order valence-corrected chi connectivity index (χ2v) is 7.95. The molecule has 1 aromatic carbocycles.